The van der Waals surface area contributed by atoms with Crippen molar-refractivity contribution in [2.75, 3.05) is 34.4 Å². The van der Waals surface area contributed by atoms with E-state index in [9.17, 15) is 24.5 Å². The van der Waals surface area contributed by atoms with Crippen LogP contribution in [0.3, 0.4) is 0 Å². The first-order valence-corrected chi connectivity index (χ1v) is 12.2. The molecule has 11 nitrogen and oxygen atoms in total. The van der Waals surface area contributed by atoms with Crippen molar-refractivity contribution in [3.05, 3.63) is 98.4 Å². The lowest BCUT2D eigenvalue weighted by molar-refractivity contribution is -0.384. The molecule has 0 saturated carbocycles. The van der Waals surface area contributed by atoms with Crippen LogP contribution in [0.4, 0.5) is 5.69 Å². The van der Waals surface area contributed by atoms with Crippen molar-refractivity contribution in [3.8, 4) is 0 Å². The number of nitrogens with zero attached hydrogens (tertiary/aromatic N) is 2. The zero-order valence-corrected chi connectivity index (χ0v) is 23.7. The number of non-ortho nitro benzene ring substituents is 1. The lowest BCUT2D eigenvalue weighted by Gasteiger charge is -2.31. The van der Waals surface area contributed by atoms with Gasteiger partial charge in [-0.2, -0.15) is 0 Å². The van der Waals surface area contributed by atoms with Gasteiger partial charge in [-0.15, -0.1) is 12.4 Å². The van der Waals surface area contributed by atoms with Crippen molar-refractivity contribution >= 4 is 35.9 Å². The average Bonchev–Trinajstić information content (AvgIpc) is 2.91. The molecule has 0 saturated heterocycles. The minimum Gasteiger partial charge on any atom is -0.466 e. The molecular weight excluding hydrogens is 540 g/mol. The fourth-order valence-electron chi connectivity index (χ4n) is 4.37. The number of hydrogen-bond donors (Lipinski definition) is 2. The quantitative estimate of drug-likeness (QED) is 0.249. The van der Waals surface area contributed by atoms with Gasteiger partial charge in [0, 0.05) is 35.6 Å². The number of hydrogen-bond acceptors (Lipinski definition) is 9. The van der Waals surface area contributed by atoms with Gasteiger partial charge in [0.25, 0.3) is 11.6 Å². The van der Waals surface area contributed by atoms with Gasteiger partial charge in [-0.05, 0) is 39.1 Å². The predicted molar refractivity (Wildman–Crippen MR) is 150 cm³/mol. The van der Waals surface area contributed by atoms with Gasteiger partial charge in [0.05, 0.1) is 23.5 Å². The third kappa shape index (κ3) is 7.45. The molecule has 2 unspecified atom stereocenters. The van der Waals surface area contributed by atoms with E-state index >= 15 is 0 Å². The molecule has 214 valence electrons. The topological polar surface area (TPSA) is 140 Å². The van der Waals surface area contributed by atoms with Gasteiger partial charge >= 0.3 is 11.9 Å². The number of halogens is 1. The number of carbonyl (C=O) groups excluding carboxylic acids is 3. The summed E-state index contributed by atoms with van der Waals surface area (Å²) in [4.78, 5) is 52.7. The highest BCUT2D eigenvalue weighted by Gasteiger charge is 2.39. The Balaban J connectivity index is 0.00000560. The molecule has 3 rings (SSSR count). The first-order chi connectivity index (χ1) is 18.5. The Morgan fingerprint density at radius 2 is 1.70 bits per heavy atom. The maximum absolute atomic E-state index is 13.9. The lowest BCUT2D eigenvalue weighted by atomic mass is 9.79. The van der Waals surface area contributed by atoms with Gasteiger partial charge in [0.1, 0.15) is 6.61 Å². The number of allylic oxidation sites excluding steroid dienone is 2. The van der Waals surface area contributed by atoms with E-state index in [2.05, 4.69) is 10.6 Å². The van der Waals surface area contributed by atoms with Crippen LogP contribution < -0.4 is 10.6 Å². The molecule has 0 bridgehead atoms. The number of nitrogens with one attached hydrogen (secondary N) is 2. The smallest absolute Gasteiger partial charge is 0.336 e. The number of nitro groups is 1. The van der Waals surface area contributed by atoms with E-state index in [4.69, 9.17) is 9.47 Å². The Bertz CT molecular complexity index is 1320. The van der Waals surface area contributed by atoms with E-state index in [0.717, 1.165) is 0 Å². The van der Waals surface area contributed by atoms with Crippen molar-refractivity contribution < 1.29 is 28.8 Å². The maximum atomic E-state index is 13.9. The second-order valence-electron chi connectivity index (χ2n) is 9.27. The number of nitro benzene ring substituents is 1. The predicted octanol–water partition coefficient (Wildman–Crippen LogP) is 3.39. The van der Waals surface area contributed by atoms with Crippen LogP contribution in [0.2, 0.25) is 0 Å². The first kappa shape index (κ1) is 32.0. The minimum atomic E-state index is -1.14. The molecule has 1 amide bonds. The zero-order chi connectivity index (χ0) is 28.7. The van der Waals surface area contributed by atoms with Gasteiger partial charge in [-0.25, -0.2) is 9.59 Å². The molecule has 2 atom stereocenters. The molecule has 1 aliphatic heterocycles. The highest BCUT2D eigenvalue weighted by molar-refractivity contribution is 6.03. The average molecular weight is 573 g/mol. The summed E-state index contributed by atoms with van der Waals surface area (Å²) in [5.74, 6) is -2.99. The SMILES string of the molecule is COC(=O)C1=C(C)NC(C)=C(C(=O)NC(C(=O)OCCN(C)C)c2ccccc2)C1c1cccc([N+](=O)[O-])c1.Cl. The highest BCUT2D eigenvalue weighted by atomic mass is 35.5. The summed E-state index contributed by atoms with van der Waals surface area (Å²) in [5.41, 5.74) is 1.75. The van der Waals surface area contributed by atoms with Crippen LogP contribution in [-0.2, 0) is 23.9 Å². The van der Waals surface area contributed by atoms with Gasteiger partial charge < -0.3 is 25.0 Å². The number of benzene rings is 2. The van der Waals surface area contributed by atoms with Crippen LogP contribution in [0.5, 0.6) is 0 Å². The fourth-order valence-corrected chi connectivity index (χ4v) is 4.37. The van der Waals surface area contributed by atoms with Crippen molar-refractivity contribution in [1.29, 1.82) is 0 Å². The van der Waals surface area contributed by atoms with E-state index in [-0.39, 0.29) is 35.8 Å². The van der Waals surface area contributed by atoms with Crippen molar-refractivity contribution in [1.82, 2.24) is 15.5 Å². The summed E-state index contributed by atoms with van der Waals surface area (Å²) < 4.78 is 10.4. The molecule has 40 heavy (non-hydrogen) atoms. The second kappa shape index (κ2) is 14.2. The van der Waals surface area contributed by atoms with Crippen LogP contribution in [0.15, 0.2) is 77.1 Å². The molecule has 12 heteroatoms. The van der Waals surface area contributed by atoms with E-state index in [1.54, 1.807) is 50.2 Å². The Morgan fingerprint density at radius 3 is 2.30 bits per heavy atom. The van der Waals surface area contributed by atoms with Gasteiger partial charge in [-0.1, -0.05) is 42.5 Å². The van der Waals surface area contributed by atoms with Gasteiger partial charge in [0.2, 0.25) is 0 Å². The third-order valence-electron chi connectivity index (χ3n) is 6.25. The molecule has 0 spiro atoms. The molecule has 2 aromatic rings. The summed E-state index contributed by atoms with van der Waals surface area (Å²) in [6.45, 7) is 3.93. The first-order valence-electron chi connectivity index (χ1n) is 12.2. The largest absolute Gasteiger partial charge is 0.466 e. The number of likely N-dealkylation sites (N-methyl/N-ethyl adjacent to an activating group) is 1. The summed E-state index contributed by atoms with van der Waals surface area (Å²) in [5, 5.41) is 17.3. The molecule has 2 N–H and O–H groups in total. The van der Waals surface area contributed by atoms with E-state index in [1.807, 2.05) is 19.0 Å². The van der Waals surface area contributed by atoms with Crippen molar-refractivity contribution in [3.63, 3.8) is 0 Å². The maximum Gasteiger partial charge on any atom is 0.336 e. The number of dihydropyridines is 1. The van der Waals surface area contributed by atoms with Gasteiger partial charge in [0.15, 0.2) is 6.04 Å². The number of methoxy groups -OCH3 is 1. The van der Waals surface area contributed by atoms with E-state index in [1.165, 1.54) is 25.3 Å². The van der Waals surface area contributed by atoms with Crippen LogP contribution in [0, 0.1) is 10.1 Å². The number of carbonyl (C=O) groups is 3. The Kier molecular flexibility index (Phi) is 11.4. The number of esters is 2. The van der Waals surface area contributed by atoms with Crippen LogP contribution in [0.25, 0.3) is 0 Å². The standard InChI is InChI=1S/C28H32N4O7.ClH/c1-17-22(26(33)30-25(19-10-7-6-8-11-19)28(35)39-15-14-31(3)4)24(23(18(2)29-17)27(34)38-5)20-12-9-13-21(16-20)32(36)37;/h6-13,16,24-25,29H,14-15H2,1-5H3,(H,30,33);1H. The number of amides is 1. The van der Waals surface area contributed by atoms with Crippen molar-refractivity contribution in [2.24, 2.45) is 0 Å². The zero-order valence-electron chi connectivity index (χ0n) is 22.9. The molecule has 0 aromatic heterocycles. The summed E-state index contributed by atoms with van der Waals surface area (Å²) in [7, 11) is 4.91. The van der Waals surface area contributed by atoms with E-state index in [0.29, 0.717) is 29.1 Å². The Labute approximate surface area is 238 Å². The molecular formula is C28H33ClN4O7. The fraction of sp³-hybridized carbons (Fsp3) is 0.321. The summed E-state index contributed by atoms with van der Waals surface area (Å²) >= 11 is 0. The van der Waals surface area contributed by atoms with Crippen LogP contribution in [-0.4, -0.2) is 62.0 Å². The third-order valence-corrected chi connectivity index (χ3v) is 6.25. The normalized spacial score (nSPS) is 15.5. The number of ether oxygens (including phenoxy) is 2. The highest BCUT2D eigenvalue weighted by Crippen LogP contribution is 2.40. The summed E-state index contributed by atoms with van der Waals surface area (Å²) in [6.07, 6.45) is 0. The lowest BCUT2D eigenvalue weighted by Crippen LogP contribution is -2.40. The molecule has 0 fully saturated rings. The monoisotopic (exact) mass is 572 g/mol. The Morgan fingerprint density at radius 1 is 1.05 bits per heavy atom. The summed E-state index contributed by atoms with van der Waals surface area (Å²) in [6, 6.07) is 13.2. The molecule has 1 heterocycles. The number of rotatable bonds is 10. The molecule has 1 aliphatic rings. The molecule has 2 aromatic carbocycles. The Hall–Kier alpha value is -4.22. The van der Waals surface area contributed by atoms with E-state index < -0.39 is 34.7 Å². The van der Waals surface area contributed by atoms with Gasteiger partial charge in [-0.3, -0.25) is 14.9 Å². The van der Waals surface area contributed by atoms with Crippen molar-refractivity contribution in [2.45, 2.75) is 25.8 Å². The second-order valence-corrected chi connectivity index (χ2v) is 9.27. The minimum absolute atomic E-state index is 0. The van der Waals surface area contributed by atoms with Crippen LogP contribution in [0.1, 0.15) is 36.9 Å². The molecule has 0 radical (unpaired) electrons. The molecule has 0 aliphatic carbocycles. The van der Waals surface area contributed by atoms with Crippen LogP contribution >= 0.6 is 12.4 Å².